The van der Waals surface area contributed by atoms with Crippen molar-refractivity contribution >= 4 is 5.91 Å². The minimum Gasteiger partial charge on any atom is -0.359 e. The van der Waals surface area contributed by atoms with E-state index in [1.807, 2.05) is 13.8 Å². The third-order valence-corrected chi connectivity index (χ3v) is 4.78. The highest BCUT2D eigenvalue weighted by Gasteiger charge is 2.37. The summed E-state index contributed by atoms with van der Waals surface area (Å²) in [7, 11) is 1.70. The molecule has 0 fully saturated rings. The molecule has 1 aromatic carbocycles. The molecule has 0 aromatic heterocycles. The van der Waals surface area contributed by atoms with Gasteiger partial charge in [0.2, 0.25) is 5.91 Å². The van der Waals surface area contributed by atoms with Crippen LogP contribution in [0.2, 0.25) is 0 Å². The second-order valence-corrected chi connectivity index (χ2v) is 7.46. The molecule has 0 aliphatic heterocycles. The van der Waals surface area contributed by atoms with E-state index in [0.717, 1.165) is 6.42 Å². The van der Waals surface area contributed by atoms with Gasteiger partial charge in [0.15, 0.2) is 0 Å². The standard InChI is InChI=1S/C18H28N2O/c1-17(2)11-10-13-8-6-7-9-14(13)15(17)20-12-18(3,4)16(21)19-5/h6-9,15,20H,10-12H2,1-5H3,(H,19,21). The zero-order valence-electron chi connectivity index (χ0n) is 13.9. The number of amides is 1. The van der Waals surface area contributed by atoms with Gasteiger partial charge in [0.1, 0.15) is 0 Å². The van der Waals surface area contributed by atoms with Gasteiger partial charge in [-0.05, 0) is 43.2 Å². The fourth-order valence-corrected chi connectivity index (χ4v) is 3.23. The summed E-state index contributed by atoms with van der Waals surface area (Å²) >= 11 is 0. The molecular weight excluding hydrogens is 260 g/mol. The Morgan fingerprint density at radius 2 is 2.00 bits per heavy atom. The Labute approximate surface area is 128 Å². The molecule has 3 nitrogen and oxygen atoms in total. The van der Waals surface area contributed by atoms with E-state index in [0.29, 0.717) is 12.6 Å². The van der Waals surface area contributed by atoms with Gasteiger partial charge < -0.3 is 10.6 Å². The van der Waals surface area contributed by atoms with E-state index in [1.54, 1.807) is 7.05 Å². The molecule has 1 atom stereocenters. The van der Waals surface area contributed by atoms with Crippen LogP contribution in [0.3, 0.4) is 0 Å². The molecule has 1 unspecified atom stereocenters. The second-order valence-electron chi connectivity index (χ2n) is 7.46. The normalized spacial score (nSPS) is 20.7. The highest BCUT2D eigenvalue weighted by Crippen LogP contribution is 2.43. The first-order valence-electron chi connectivity index (χ1n) is 7.81. The van der Waals surface area contributed by atoms with Gasteiger partial charge in [-0.15, -0.1) is 0 Å². The second kappa shape index (κ2) is 5.80. The maximum Gasteiger partial charge on any atom is 0.226 e. The monoisotopic (exact) mass is 288 g/mol. The van der Waals surface area contributed by atoms with Crippen LogP contribution >= 0.6 is 0 Å². The molecule has 2 N–H and O–H groups in total. The number of carbonyl (C=O) groups excluding carboxylic acids is 1. The molecule has 1 aliphatic carbocycles. The minimum absolute atomic E-state index is 0.0805. The van der Waals surface area contributed by atoms with Crippen molar-refractivity contribution in [1.29, 1.82) is 0 Å². The average molecular weight is 288 g/mol. The van der Waals surface area contributed by atoms with Crippen LogP contribution < -0.4 is 10.6 Å². The van der Waals surface area contributed by atoms with Crippen LogP contribution in [0.1, 0.15) is 51.3 Å². The molecule has 0 spiro atoms. The largest absolute Gasteiger partial charge is 0.359 e. The van der Waals surface area contributed by atoms with Crippen molar-refractivity contribution in [3.8, 4) is 0 Å². The number of benzene rings is 1. The van der Waals surface area contributed by atoms with E-state index >= 15 is 0 Å². The van der Waals surface area contributed by atoms with Crippen LogP contribution in [-0.2, 0) is 11.2 Å². The number of aryl methyl sites for hydroxylation is 1. The summed E-state index contributed by atoms with van der Waals surface area (Å²) in [5, 5.41) is 6.42. The molecule has 3 heteroatoms. The Kier molecular flexibility index (Phi) is 4.43. The Hall–Kier alpha value is -1.35. The lowest BCUT2D eigenvalue weighted by Gasteiger charge is -2.42. The number of rotatable bonds is 4. The van der Waals surface area contributed by atoms with Crippen LogP contribution in [0.15, 0.2) is 24.3 Å². The Bertz CT molecular complexity index is 520. The summed E-state index contributed by atoms with van der Waals surface area (Å²) in [6.07, 6.45) is 2.31. The molecule has 0 radical (unpaired) electrons. The summed E-state index contributed by atoms with van der Waals surface area (Å²) < 4.78 is 0. The van der Waals surface area contributed by atoms with Crippen molar-refractivity contribution < 1.29 is 4.79 Å². The Morgan fingerprint density at radius 3 is 2.67 bits per heavy atom. The molecule has 0 bridgehead atoms. The maximum absolute atomic E-state index is 12.0. The zero-order chi connectivity index (χ0) is 15.7. The van der Waals surface area contributed by atoms with E-state index in [-0.39, 0.29) is 11.3 Å². The third-order valence-electron chi connectivity index (χ3n) is 4.78. The fraction of sp³-hybridized carbons (Fsp3) is 0.611. The fourth-order valence-electron chi connectivity index (χ4n) is 3.23. The van der Waals surface area contributed by atoms with Crippen LogP contribution in [0.4, 0.5) is 0 Å². The predicted octanol–water partition coefficient (Wildman–Crippen LogP) is 3.06. The van der Waals surface area contributed by atoms with Gasteiger partial charge in [-0.25, -0.2) is 0 Å². The Balaban J connectivity index is 2.20. The van der Waals surface area contributed by atoms with Gasteiger partial charge in [0.25, 0.3) is 0 Å². The van der Waals surface area contributed by atoms with Gasteiger partial charge in [0, 0.05) is 19.6 Å². The lowest BCUT2D eigenvalue weighted by Crippen LogP contribution is -2.46. The summed E-state index contributed by atoms with van der Waals surface area (Å²) in [5.41, 5.74) is 2.62. The number of carbonyl (C=O) groups is 1. The molecule has 1 aromatic rings. The SMILES string of the molecule is CNC(=O)C(C)(C)CNC1c2ccccc2CCC1(C)C. The molecule has 21 heavy (non-hydrogen) atoms. The quantitative estimate of drug-likeness (QED) is 0.894. The predicted molar refractivity (Wildman–Crippen MR) is 87.1 cm³/mol. The van der Waals surface area contributed by atoms with Crippen LogP contribution in [-0.4, -0.2) is 19.5 Å². The van der Waals surface area contributed by atoms with Crippen LogP contribution in [0, 0.1) is 10.8 Å². The van der Waals surface area contributed by atoms with Crippen LogP contribution in [0.5, 0.6) is 0 Å². The van der Waals surface area contributed by atoms with E-state index < -0.39 is 5.41 Å². The van der Waals surface area contributed by atoms with Gasteiger partial charge in [-0.3, -0.25) is 4.79 Å². The lowest BCUT2D eigenvalue weighted by molar-refractivity contribution is -0.128. The van der Waals surface area contributed by atoms with Crippen molar-refractivity contribution in [3.63, 3.8) is 0 Å². The van der Waals surface area contributed by atoms with E-state index in [9.17, 15) is 4.79 Å². The highest BCUT2D eigenvalue weighted by atomic mass is 16.2. The lowest BCUT2D eigenvalue weighted by atomic mass is 9.70. The average Bonchev–Trinajstić information content (AvgIpc) is 2.44. The van der Waals surface area contributed by atoms with Gasteiger partial charge in [0.05, 0.1) is 5.41 Å². The van der Waals surface area contributed by atoms with Crippen molar-refractivity contribution in [1.82, 2.24) is 10.6 Å². The van der Waals surface area contributed by atoms with E-state index in [4.69, 9.17) is 0 Å². The van der Waals surface area contributed by atoms with Gasteiger partial charge in [-0.1, -0.05) is 38.1 Å². The topological polar surface area (TPSA) is 41.1 Å². The summed E-state index contributed by atoms with van der Waals surface area (Å²) in [4.78, 5) is 12.0. The van der Waals surface area contributed by atoms with Crippen molar-refractivity contribution in [2.45, 2.75) is 46.6 Å². The maximum atomic E-state index is 12.0. The molecule has 1 aliphatic rings. The first kappa shape index (κ1) is 16.0. The smallest absolute Gasteiger partial charge is 0.226 e. The summed E-state index contributed by atoms with van der Waals surface area (Å²) in [6, 6.07) is 8.97. The van der Waals surface area contributed by atoms with E-state index in [1.165, 1.54) is 17.5 Å². The minimum atomic E-state index is -0.406. The number of nitrogens with one attached hydrogen (secondary N) is 2. The van der Waals surface area contributed by atoms with Crippen molar-refractivity contribution in [2.24, 2.45) is 10.8 Å². The number of hydrogen-bond acceptors (Lipinski definition) is 2. The number of fused-ring (bicyclic) bond motifs is 1. The van der Waals surface area contributed by atoms with E-state index in [2.05, 4.69) is 48.7 Å². The molecule has 2 rings (SSSR count). The molecule has 116 valence electrons. The first-order chi connectivity index (χ1) is 9.78. The summed E-state index contributed by atoms with van der Waals surface area (Å²) in [6.45, 7) is 9.28. The molecule has 0 saturated carbocycles. The third kappa shape index (κ3) is 3.29. The molecular formula is C18H28N2O. The van der Waals surface area contributed by atoms with Gasteiger partial charge in [-0.2, -0.15) is 0 Å². The molecule has 0 heterocycles. The van der Waals surface area contributed by atoms with Crippen molar-refractivity contribution in [3.05, 3.63) is 35.4 Å². The summed E-state index contributed by atoms with van der Waals surface area (Å²) in [5.74, 6) is 0.0805. The molecule has 0 saturated heterocycles. The zero-order valence-corrected chi connectivity index (χ0v) is 13.9. The number of hydrogen-bond donors (Lipinski definition) is 2. The first-order valence-corrected chi connectivity index (χ1v) is 7.81. The highest BCUT2D eigenvalue weighted by molar-refractivity contribution is 5.81. The Morgan fingerprint density at radius 1 is 1.33 bits per heavy atom. The van der Waals surface area contributed by atoms with Gasteiger partial charge >= 0.3 is 0 Å². The molecule has 1 amide bonds. The van der Waals surface area contributed by atoms with Crippen molar-refractivity contribution in [2.75, 3.05) is 13.6 Å². The van der Waals surface area contributed by atoms with Crippen LogP contribution in [0.25, 0.3) is 0 Å².